The topological polar surface area (TPSA) is 76.4 Å². The molecule has 1 aliphatic rings. The minimum absolute atomic E-state index is 0.117. The highest BCUT2D eigenvalue weighted by atomic mass is 19.4. The van der Waals surface area contributed by atoms with Gasteiger partial charge >= 0.3 is 6.18 Å². The minimum Gasteiger partial charge on any atom is -0.484 e. The van der Waals surface area contributed by atoms with Crippen LogP contribution in [-0.2, 0) is 11.0 Å². The van der Waals surface area contributed by atoms with Gasteiger partial charge in [0.15, 0.2) is 6.61 Å². The van der Waals surface area contributed by atoms with E-state index >= 15 is 0 Å². The number of nitrogens with zero attached hydrogens (tertiary/aromatic N) is 6. The Balaban J connectivity index is 1.28. The summed E-state index contributed by atoms with van der Waals surface area (Å²) in [5, 5.41) is 10.9. The van der Waals surface area contributed by atoms with Crippen molar-refractivity contribution >= 4 is 11.6 Å². The fraction of sp³-hybridized carbons (Fsp3) is 0.300. The normalized spacial score (nSPS) is 14.5. The van der Waals surface area contributed by atoms with E-state index in [-0.39, 0.29) is 12.5 Å². The van der Waals surface area contributed by atoms with Crippen molar-refractivity contribution in [2.45, 2.75) is 6.18 Å². The molecule has 162 valence electrons. The second kappa shape index (κ2) is 8.62. The lowest BCUT2D eigenvalue weighted by Crippen LogP contribution is -2.50. The number of aromatic nitrogens is 4. The van der Waals surface area contributed by atoms with E-state index in [2.05, 4.69) is 15.5 Å². The zero-order valence-corrected chi connectivity index (χ0v) is 16.4. The van der Waals surface area contributed by atoms with E-state index in [1.807, 2.05) is 4.90 Å². The molecule has 1 aromatic heterocycles. The Morgan fingerprint density at radius 2 is 1.74 bits per heavy atom. The van der Waals surface area contributed by atoms with Crippen LogP contribution >= 0.6 is 0 Å². The van der Waals surface area contributed by atoms with Crippen LogP contribution in [0.1, 0.15) is 5.56 Å². The van der Waals surface area contributed by atoms with E-state index in [0.29, 0.717) is 37.6 Å². The van der Waals surface area contributed by atoms with E-state index in [1.165, 1.54) is 17.1 Å². The molecule has 0 bridgehead atoms. The summed E-state index contributed by atoms with van der Waals surface area (Å²) in [6.07, 6.45) is -2.91. The van der Waals surface area contributed by atoms with Gasteiger partial charge in [0.25, 0.3) is 5.91 Å². The van der Waals surface area contributed by atoms with Crippen LogP contribution < -0.4 is 9.64 Å². The fourth-order valence-electron chi connectivity index (χ4n) is 3.30. The van der Waals surface area contributed by atoms with E-state index < -0.39 is 11.7 Å². The molecule has 0 radical (unpaired) electrons. The first-order chi connectivity index (χ1) is 14.9. The lowest BCUT2D eigenvalue weighted by Gasteiger charge is -2.36. The van der Waals surface area contributed by atoms with Crippen LogP contribution in [0, 0.1) is 0 Å². The summed E-state index contributed by atoms with van der Waals surface area (Å²) in [6.45, 7) is 1.61. The average molecular weight is 432 g/mol. The highest BCUT2D eigenvalue weighted by molar-refractivity contribution is 5.78. The first-order valence-electron chi connectivity index (χ1n) is 9.56. The summed E-state index contributed by atoms with van der Waals surface area (Å²) < 4.78 is 45.8. The third-order valence-corrected chi connectivity index (χ3v) is 4.98. The first-order valence-corrected chi connectivity index (χ1v) is 9.56. The third kappa shape index (κ3) is 4.93. The van der Waals surface area contributed by atoms with E-state index in [9.17, 15) is 18.0 Å². The van der Waals surface area contributed by atoms with Gasteiger partial charge < -0.3 is 14.5 Å². The SMILES string of the molecule is O=C(COc1ccc(-n2cnnn2)cc1)N1CCN(c2cccc(C(F)(F)F)c2)CC1. The standard InChI is InChI=1S/C20H19F3N6O2/c21-20(22,23)15-2-1-3-17(12-15)27-8-10-28(11-9-27)19(30)13-31-18-6-4-16(5-7-18)29-14-24-25-26-29/h1-7,12,14H,8-11,13H2. The summed E-state index contributed by atoms with van der Waals surface area (Å²) in [6, 6.07) is 12.2. The number of rotatable bonds is 5. The second-order valence-electron chi connectivity index (χ2n) is 6.95. The Labute approximate surface area is 175 Å². The van der Waals surface area contributed by atoms with Crippen molar-refractivity contribution in [1.82, 2.24) is 25.1 Å². The summed E-state index contributed by atoms with van der Waals surface area (Å²) in [4.78, 5) is 16.0. The molecule has 2 aromatic carbocycles. The largest absolute Gasteiger partial charge is 0.484 e. The van der Waals surface area contributed by atoms with E-state index in [4.69, 9.17) is 4.74 Å². The minimum atomic E-state index is -4.38. The first kappa shape index (κ1) is 20.6. The number of carbonyl (C=O) groups excluding carboxylic acids is 1. The second-order valence-corrected chi connectivity index (χ2v) is 6.95. The van der Waals surface area contributed by atoms with Crippen molar-refractivity contribution in [3.8, 4) is 11.4 Å². The summed E-state index contributed by atoms with van der Waals surface area (Å²) in [5.74, 6) is 0.362. The molecule has 1 fully saturated rings. The molecule has 0 aliphatic carbocycles. The molecule has 1 amide bonds. The monoisotopic (exact) mass is 432 g/mol. The molecule has 2 heterocycles. The van der Waals surface area contributed by atoms with Gasteiger partial charge in [-0.1, -0.05) is 6.07 Å². The summed E-state index contributed by atoms with van der Waals surface area (Å²) >= 11 is 0. The summed E-state index contributed by atoms with van der Waals surface area (Å²) in [5.41, 5.74) is 0.582. The van der Waals surface area contributed by atoms with E-state index in [0.717, 1.165) is 17.8 Å². The smallest absolute Gasteiger partial charge is 0.416 e. The van der Waals surface area contributed by atoms with Crippen molar-refractivity contribution in [1.29, 1.82) is 0 Å². The fourth-order valence-corrected chi connectivity index (χ4v) is 3.30. The Morgan fingerprint density at radius 1 is 1.00 bits per heavy atom. The number of benzene rings is 2. The molecule has 0 spiro atoms. The highest BCUT2D eigenvalue weighted by Gasteiger charge is 2.31. The number of alkyl halides is 3. The molecule has 1 aliphatic heterocycles. The van der Waals surface area contributed by atoms with Gasteiger partial charge in [-0.05, 0) is 52.9 Å². The molecule has 31 heavy (non-hydrogen) atoms. The van der Waals surface area contributed by atoms with E-state index in [1.54, 1.807) is 35.2 Å². The number of amides is 1. The Morgan fingerprint density at radius 3 is 2.39 bits per heavy atom. The van der Waals surface area contributed by atoms with Crippen LogP contribution in [0.25, 0.3) is 5.69 Å². The van der Waals surface area contributed by atoms with Crippen molar-refractivity contribution in [3.63, 3.8) is 0 Å². The van der Waals surface area contributed by atoms with Crippen molar-refractivity contribution < 1.29 is 22.7 Å². The molecule has 0 atom stereocenters. The maximum atomic E-state index is 12.9. The number of halogens is 3. The maximum absolute atomic E-state index is 12.9. The summed E-state index contributed by atoms with van der Waals surface area (Å²) in [7, 11) is 0. The van der Waals surface area contributed by atoms with Crippen LogP contribution in [0.5, 0.6) is 5.75 Å². The molecule has 0 N–H and O–H groups in total. The van der Waals surface area contributed by atoms with Gasteiger partial charge in [-0.15, -0.1) is 5.10 Å². The number of tetrazole rings is 1. The van der Waals surface area contributed by atoms with Crippen LogP contribution in [0.4, 0.5) is 18.9 Å². The van der Waals surface area contributed by atoms with Gasteiger partial charge in [-0.3, -0.25) is 4.79 Å². The lowest BCUT2D eigenvalue weighted by molar-refractivity contribution is -0.137. The average Bonchev–Trinajstić information content (AvgIpc) is 3.32. The predicted octanol–water partition coefficient (Wildman–Crippen LogP) is 2.41. The Bertz CT molecular complexity index is 1020. The molecule has 0 saturated carbocycles. The molecular weight excluding hydrogens is 413 g/mol. The highest BCUT2D eigenvalue weighted by Crippen LogP contribution is 2.31. The van der Waals surface area contributed by atoms with Gasteiger partial charge in [0.2, 0.25) is 0 Å². The number of ether oxygens (including phenoxy) is 1. The van der Waals surface area contributed by atoms with Gasteiger partial charge in [0.05, 0.1) is 11.3 Å². The molecule has 3 aromatic rings. The number of piperazine rings is 1. The van der Waals surface area contributed by atoms with Gasteiger partial charge in [-0.25, -0.2) is 4.68 Å². The van der Waals surface area contributed by atoms with Gasteiger partial charge in [0.1, 0.15) is 12.1 Å². The molecule has 11 heteroatoms. The Hall–Kier alpha value is -3.63. The lowest BCUT2D eigenvalue weighted by atomic mass is 10.1. The zero-order chi connectivity index (χ0) is 21.8. The Kier molecular flexibility index (Phi) is 5.74. The molecule has 0 unspecified atom stereocenters. The molecular formula is C20H19F3N6O2. The number of hydrogen-bond donors (Lipinski definition) is 0. The predicted molar refractivity (Wildman–Crippen MR) is 105 cm³/mol. The van der Waals surface area contributed by atoms with Crippen LogP contribution in [0.2, 0.25) is 0 Å². The van der Waals surface area contributed by atoms with Gasteiger partial charge in [-0.2, -0.15) is 13.2 Å². The van der Waals surface area contributed by atoms with Crippen molar-refractivity contribution in [2.24, 2.45) is 0 Å². The number of carbonyl (C=O) groups is 1. The molecule has 8 nitrogen and oxygen atoms in total. The van der Waals surface area contributed by atoms with Gasteiger partial charge in [0, 0.05) is 31.9 Å². The maximum Gasteiger partial charge on any atom is 0.416 e. The molecule has 4 rings (SSSR count). The molecule has 1 saturated heterocycles. The number of hydrogen-bond acceptors (Lipinski definition) is 6. The van der Waals surface area contributed by atoms with Crippen molar-refractivity contribution in [2.75, 3.05) is 37.7 Å². The van der Waals surface area contributed by atoms with Crippen molar-refractivity contribution in [3.05, 3.63) is 60.4 Å². The van der Waals surface area contributed by atoms with Crippen LogP contribution in [0.15, 0.2) is 54.9 Å². The zero-order valence-electron chi connectivity index (χ0n) is 16.4. The van der Waals surface area contributed by atoms with Crippen LogP contribution in [0.3, 0.4) is 0 Å². The van der Waals surface area contributed by atoms with Crippen LogP contribution in [-0.4, -0.2) is 63.8 Å². The third-order valence-electron chi connectivity index (χ3n) is 4.98. The number of anilines is 1. The quantitative estimate of drug-likeness (QED) is 0.617.